The summed E-state index contributed by atoms with van der Waals surface area (Å²) < 4.78 is 0. The van der Waals surface area contributed by atoms with Gasteiger partial charge in [0.2, 0.25) is 0 Å². The number of nitrogens with zero attached hydrogens (tertiary/aromatic N) is 2. The number of carbonyl (C=O) groups excluding carboxylic acids is 1. The van der Waals surface area contributed by atoms with E-state index < -0.39 is 0 Å². The normalized spacial score (nSPS) is 18.1. The molecule has 26 heavy (non-hydrogen) atoms. The Balaban J connectivity index is 1.44. The maximum absolute atomic E-state index is 12.7. The molecule has 2 heterocycles. The van der Waals surface area contributed by atoms with E-state index in [-0.39, 0.29) is 5.92 Å². The third-order valence-corrected chi connectivity index (χ3v) is 5.32. The number of fused-ring (bicyclic) bond motifs is 1. The second kappa shape index (κ2) is 7.79. The van der Waals surface area contributed by atoms with E-state index in [0.29, 0.717) is 12.2 Å². The van der Waals surface area contributed by atoms with Crippen LogP contribution in [0.4, 0.5) is 0 Å². The fourth-order valence-electron chi connectivity index (χ4n) is 3.94. The Labute approximate surface area is 154 Å². The summed E-state index contributed by atoms with van der Waals surface area (Å²) in [6.45, 7) is 2.81. The largest absolute Gasteiger partial charge is 0.299 e. The van der Waals surface area contributed by atoms with Gasteiger partial charge in [-0.05, 0) is 42.6 Å². The third kappa shape index (κ3) is 3.83. The van der Waals surface area contributed by atoms with Crippen LogP contribution in [0.3, 0.4) is 0 Å². The molecule has 1 saturated heterocycles. The summed E-state index contributed by atoms with van der Waals surface area (Å²) in [7, 11) is 0. The second-order valence-corrected chi connectivity index (χ2v) is 7.19. The van der Waals surface area contributed by atoms with Gasteiger partial charge in [-0.15, -0.1) is 0 Å². The summed E-state index contributed by atoms with van der Waals surface area (Å²) in [6.07, 6.45) is 4.55. The molecule has 1 atom stereocenters. The van der Waals surface area contributed by atoms with Crippen LogP contribution in [-0.2, 0) is 17.8 Å². The number of likely N-dealkylation sites (tertiary alicyclic amines) is 1. The Morgan fingerprint density at radius 1 is 1.04 bits per heavy atom. The zero-order chi connectivity index (χ0) is 17.8. The second-order valence-electron chi connectivity index (χ2n) is 7.19. The number of aromatic nitrogens is 1. The van der Waals surface area contributed by atoms with Gasteiger partial charge in [-0.2, -0.15) is 0 Å². The zero-order valence-electron chi connectivity index (χ0n) is 15.0. The highest BCUT2D eigenvalue weighted by molar-refractivity contribution is 5.84. The number of para-hydroxylation sites is 1. The van der Waals surface area contributed by atoms with Gasteiger partial charge in [-0.25, -0.2) is 0 Å². The molecule has 0 bridgehead atoms. The van der Waals surface area contributed by atoms with Crippen LogP contribution in [0.25, 0.3) is 10.9 Å². The molecule has 3 aromatic rings. The van der Waals surface area contributed by atoms with E-state index in [1.807, 2.05) is 42.6 Å². The number of ketones is 1. The molecule has 0 radical (unpaired) electrons. The van der Waals surface area contributed by atoms with Crippen LogP contribution in [0.1, 0.15) is 24.0 Å². The molecule has 4 rings (SSSR count). The van der Waals surface area contributed by atoms with Crippen LogP contribution >= 0.6 is 0 Å². The van der Waals surface area contributed by atoms with Crippen molar-refractivity contribution in [2.24, 2.45) is 5.92 Å². The Hall–Kier alpha value is -2.52. The third-order valence-electron chi connectivity index (χ3n) is 5.32. The number of benzene rings is 2. The molecule has 1 aliphatic rings. The fourth-order valence-corrected chi connectivity index (χ4v) is 3.94. The number of Topliss-reactive ketones (excluding diaryl/α,β-unsaturated/α-hetero) is 1. The molecule has 1 aliphatic heterocycles. The van der Waals surface area contributed by atoms with E-state index in [4.69, 9.17) is 0 Å². The Morgan fingerprint density at radius 2 is 1.85 bits per heavy atom. The van der Waals surface area contributed by atoms with Gasteiger partial charge < -0.3 is 0 Å². The highest BCUT2D eigenvalue weighted by Crippen LogP contribution is 2.23. The van der Waals surface area contributed by atoms with Crippen LogP contribution in [0.15, 0.2) is 66.9 Å². The molecule has 132 valence electrons. The average Bonchev–Trinajstić information content (AvgIpc) is 2.69. The smallest absolute Gasteiger partial charge is 0.141 e. The monoisotopic (exact) mass is 344 g/mol. The van der Waals surface area contributed by atoms with Gasteiger partial charge in [-0.3, -0.25) is 14.7 Å². The van der Waals surface area contributed by atoms with Gasteiger partial charge in [-0.1, -0.05) is 48.5 Å². The molecule has 1 fully saturated rings. The minimum Gasteiger partial charge on any atom is -0.299 e. The first-order chi connectivity index (χ1) is 12.8. The van der Waals surface area contributed by atoms with Crippen LogP contribution in [0.5, 0.6) is 0 Å². The van der Waals surface area contributed by atoms with Crippen molar-refractivity contribution in [3.63, 3.8) is 0 Å². The van der Waals surface area contributed by atoms with Gasteiger partial charge in [0.25, 0.3) is 0 Å². The summed E-state index contributed by atoms with van der Waals surface area (Å²) in [5.74, 6) is 0.526. The SMILES string of the molecule is O=C(Cc1ccccc1)C1CCCN(Cc2ccnc3ccccc23)C1. The Bertz CT molecular complexity index is 886. The fraction of sp³-hybridized carbons (Fsp3) is 0.304. The maximum Gasteiger partial charge on any atom is 0.141 e. The topological polar surface area (TPSA) is 33.2 Å². The number of carbonyl (C=O) groups is 1. The van der Waals surface area contributed by atoms with Gasteiger partial charge >= 0.3 is 0 Å². The van der Waals surface area contributed by atoms with E-state index in [1.54, 1.807) is 0 Å². The van der Waals surface area contributed by atoms with E-state index in [0.717, 1.165) is 43.6 Å². The van der Waals surface area contributed by atoms with Crippen molar-refractivity contribution >= 4 is 16.7 Å². The number of hydrogen-bond acceptors (Lipinski definition) is 3. The number of pyridine rings is 1. The van der Waals surface area contributed by atoms with Crippen LogP contribution in [0, 0.1) is 5.92 Å². The van der Waals surface area contributed by atoms with Crippen molar-refractivity contribution in [3.8, 4) is 0 Å². The number of hydrogen-bond donors (Lipinski definition) is 0. The molecule has 0 aliphatic carbocycles. The summed E-state index contributed by atoms with van der Waals surface area (Å²) in [5, 5.41) is 1.22. The summed E-state index contributed by atoms with van der Waals surface area (Å²) in [5.41, 5.74) is 3.46. The van der Waals surface area contributed by atoms with Crippen LogP contribution in [0.2, 0.25) is 0 Å². The molecular weight excluding hydrogens is 320 g/mol. The molecule has 0 saturated carbocycles. The lowest BCUT2D eigenvalue weighted by atomic mass is 9.90. The van der Waals surface area contributed by atoms with Gasteiger partial charge in [0.1, 0.15) is 5.78 Å². The molecule has 0 amide bonds. The first-order valence-corrected chi connectivity index (χ1v) is 9.41. The van der Waals surface area contributed by atoms with Crippen LogP contribution < -0.4 is 0 Å². The first kappa shape index (κ1) is 16.9. The lowest BCUT2D eigenvalue weighted by Gasteiger charge is -2.32. The van der Waals surface area contributed by atoms with Crippen molar-refractivity contribution in [3.05, 3.63) is 78.0 Å². The predicted molar refractivity (Wildman–Crippen MR) is 105 cm³/mol. The van der Waals surface area contributed by atoms with Gasteiger partial charge in [0.15, 0.2) is 0 Å². The number of piperidine rings is 1. The van der Waals surface area contributed by atoms with Crippen molar-refractivity contribution in [1.29, 1.82) is 0 Å². The standard InChI is InChI=1S/C23H24N2O/c26-23(15-18-7-2-1-3-8-18)20-9-6-14-25(17-20)16-19-12-13-24-22-11-5-4-10-21(19)22/h1-5,7-8,10-13,20H,6,9,14-17H2. The molecule has 1 aromatic heterocycles. The van der Waals surface area contributed by atoms with E-state index in [2.05, 4.69) is 34.1 Å². The van der Waals surface area contributed by atoms with Gasteiger partial charge in [0, 0.05) is 37.0 Å². The van der Waals surface area contributed by atoms with E-state index in [1.165, 1.54) is 10.9 Å². The maximum atomic E-state index is 12.7. The van der Waals surface area contributed by atoms with Crippen LogP contribution in [-0.4, -0.2) is 28.8 Å². The Morgan fingerprint density at radius 3 is 2.73 bits per heavy atom. The van der Waals surface area contributed by atoms with Crippen molar-refractivity contribution in [2.45, 2.75) is 25.8 Å². The molecule has 0 spiro atoms. The molecular formula is C23H24N2O. The first-order valence-electron chi connectivity index (χ1n) is 9.41. The van der Waals surface area contributed by atoms with E-state index >= 15 is 0 Å². The zero-order valence-corrected chi connectivity index (χ0v) is 15.0. The van der Waals surface area contributed by atoms with Crippen molar-refractivity contribution < 1.29 is 4.79 Å². The molecule has 0 N–H and O–H groups in total. The molecule has 3 heteroatoms. The predicted octanol–water partition coefficient (Wildman–Crippen LogP) is 4.26. The van der Waals surface area contributed by atoms with Crippen molar-refractivity contribution in [2.75, 3.05) is 13.1 Å². The summed E-state index contributed by atoms with van der Waals surface area (Å²) >= 11 is 0. The molecule has 2 aromatic carbocycles. The minimum atomic E-state index is 0.150. The average molecular weight is 344 g/mol. The van der Waals surface area contributed by atoms with Crippen molar-refractivity contribution in [1.82, 2.24) is 9.88 Å². The number of rotatable bonds is 5. The molecule has 3 nitrogen and oxygen atoms in total. The lowest BCUT2D eigenvalue weighted by molar-refractivity contribution is -0.123. The quantitative estimate of drug-likeness (QED) is 0.693. The minimum absolute atomic E-state index is 0.150. The highest BCUT2D eigenvalue weighted by Gasteiger charge is 2.25. The lowest BCUT2D eigenvalue weighted by Crippen LogP contribution is -2.38. The van der Waals surface area contributed by atoms with E-state index in [9.17, 15) is 4.79 Å². The summed E-state index contributed by atoms with van der Waals surface area (Å²) in [6, 6.07) is 20.5. The van der Waals surface area contributed by atoms with Gasteiger partial charge in [0.05, 0.1) is 5.52 Å². The molecule has 1 unspecified atom stereocenters. The summed E-state index contributed by atoms with van der Waals surface area (Å²) in [4.78, 5) is 19.6. The highest BCUT2D eigenvalue weighted by atomic mass is 16.1. The Kier molecular flexibility index (Phi) is 5.07.